The lowest BCUT2D eigenvalue weighted by atomic mass is 10.2. The number of aromatic nitrogens is 3. The van der Waals surface area contributed by atoms with Gasteiger partial charge in [0.1, 0.15) is 5.82 Å². The summed E-state index contributed by atoms with van der Waals surface area (Å²) < 4.78 is 13.4. The zero-order valence-corrected chi connectivity index (χ0v) is 16.4. The second-order valence-corrected chi connectivity index (χ2v) is 8.08. The van der Waals surface area contributed by atoms with Gasteiger partial charge in [-0.2, -0.15) is 0 Å². The summed E-state index contributed by atoms with van der Waals surface area (Å²) in [6.45, 7) is 1.73. The van der Waals surface area contributed by atoms with Crippen molar-refractivity contribution in [2.45, 2.75) is 49.1 Å². The average molecular weight is 409 g/mol. The van der Waals surface area contributed by atoms with Crippen LogP contribution in [-0.2, 0) is 17.1 Å². The highest BCUT2D eigenvalue weighted by Gasteiger charge is 2.30. The molecule has 1 amide bonds. The summed E-state index contributed by atoms with van der Waals surface area (Å²) in [5.41, 5.74) is 6.34. The van der Waals surface area contributed by atoms with Crippen LogP contribution >= 0.6 is 23.4 Å². The molecule has 2 aromatic rings. The molecule has 0 unspecified atom stereocenters. The van der Waals surface area contributed by atoms with Gasteiger partial charge >= 0.3 is 0 Å². The van der Waals surface area contributed by atoms with Crippen LogP contribution in [0.25, 0.3) is 0 Å². The van der Waals surface area contributed by atoms with E-state index in [4.69, 9.17) is 26.8 Å². The molecule has 0 spiro atoms. The van der Waals surface area contributed by atoms with Crippen LogP contribution in [-0.4, -0.2) is 33.9 Å². The molecule has 0 atom stereocenters. The number of carbonyl (C=O) groups excluding carboxylic acids is 1. The molecule has 7 nitrogen and oxygen atoms in total. The van der Waals surface area contributed by atoms with Crippen molar-refractivity contribution in [3.05, 3.63) is 28.5 Å². The van der Waals surface area contributed by atoms with Crippen LogP contribution in [0.5, 0.6) is 11.5 Å². The first-order valence-corrected chi connectivity index (χ1v) is 10.4. The maximum Gasteiger partial charge on any atom is 0.219 e. The number of nitrogens with zero attached hydrogens (tertiary/aromatic N) is 3. The quantitative estimate of drug-likeness (QED) is 0.707. The Morgan fingerprint density at radius 2 is 2.11 bits per heavy atom. The van der Waals surface area contributed by atoms with E-state index in [0.29, 0.717) is 48.0 Å². The number of thioether (sulfide) groups is 1. The molecule has 1 aliphatic heterocycles. The molecule has 1 saturated carbocycles. The van der Waals surface area contributed by atoms with Crippen molar-refractivity contribution in [1.29, 1.82) is 0 Å². The molecule has 2 aliphatic rings. The van der Waals surface area contributed by atoms with Gasteiger partial charge in [0.15, 0.2) is 16.7 Å². The normalized spacial score (nSPS) is 16.2. The number of primary amides is 1. The second-order valence-electron chi connectivity index (χ2n) is 6.73. The lowest BCUT2D eigenvalue weighted by molar-refractivity contribution is -0.118. The van der Waals surface area contributed by atoms with Crippen molar-refractivity contribution in [3.8, 4) is 11.5 Å². The zero-order valence-electron chi connectivity index (χ0n) is 14.8. The van der Waals surface area contributed by atoms with E-state index in [9.17, 15) is 4.79 Å². The van der Waals surface area contributed by atoms with E-state index >= 15 is 0 Å². The Morgan fingerprint density at radius 3 is 2.89 bits per heavy atom. The minimum atomic E-state index is -0.323. The molecule has 1 aromatic carbocycles. The van der Waals surface area contributed by atoms with Gasteiger partial charge in [0.2, 0.25) is 5.91 Å². The summed E-state index contributed by atoms with van der Waals surface area (Å²) in [6.07, 6.45) is 3.36. The van der Waals surface area contributed by atoms with Crippen LogP contribution in [0.4, 0.5) is 0 Å². The van der Waals surface area contributed by atoms with Crippen LogP contribution < -0.4 is 15.2 Å². The smallest absolute Gasteiger partial charge is 0.219 e. The van der Waals surface area contributed by atoms with E-state index in [1.54, 1.807) is 11.8 Å². The highest BCUT2D eigenvalue weighted by Crippen LogP contribution is 2.41. The van der Waals surface area contributed by atoms with Crippen LogP contribution in [0.2, 0.25) is 5.02 Å². The predicted molar refractivity (Wildman–Crippen MR) is 102 cm³/mol. The topological polar surface area (TPSA) is 92.3 Å². The number of hydrogen-bond acceptors (Lipinski definition) is 6. The highest BCUT2D eigenvalue weighted by atomic mass is 35.5. The Kier molecular flexibility index (Phi) is 5.45. The van der Waals surface area contributed by atoms with Gasteiger partial charge in [0.05, 0.1) is 18.2 Å². The molecule has 1 fully saturated rings. The van der Waals surface area contributed by atoms with Crippen LogP contribution in [0.3, 0.4) is 0 Å². The van der Waals surface area contributed by atoms with Gasteiger partial charge in [-0.3, -0.25) is 4.79 Å². The minimum Gasteiger partial charge on any atom is -0.489 e. The fraction of sp³-hybridized carbons (Fsp3) is 0.500. The SMILES string of the molecule is NC(=O)CCn1c(SCc2cc(Cl)c3c(c2)OCCCO3)nnc1C1CC1. The average Bonchev–Trinajstić information content (AvgIpc) is 3.43. The molecule has 0 saturated heterocycles. The standard InChI is InChI=1S/C18H21ClN4O3S/c19-13-8-11(9-14-16(13)26-7-1-6-25-14)10-27-18-22-21-17(12-2-3-12)23(18)5-4-15(20)24/h8-9,12H,1-7,10H2,(H2,20,24). The van der Waals surface area contributed by atoms with E-state index in [0.717, 1.165) is 35.8 Å². The fourth-order valence-electron chi connectivity index (χ4n) is 3.00. The summed E-state index contributed by atoms with van der Waals surface area (Å²) >= 11 is 7.94. The molecular weight excluding hydrogens is 388 g/mol. The molecule has 9 heteroatoms. The predicted octanol–water partition coefficient (Wildman–Crippen LogP) is 3.14. The van der Waals surface area contributed by atoms with Gasteiger partial charge in [0.25, 0.3) is 0 Å². The highest BCUT2D eigenvalue weighted by molar-refractivity contribution is 7.98. The second kappa shape index (κ2) is 7.98. The Balaban J connectivity index is 1.51. The summed E-state index contributed by atoms with van der Waals surface area (Å²) in [4.78, 5) is 11.2. The minimum absolute atomic E-state index is 0.279. The largest absolute Gasteiger partial charge is 0.489 e. The molecule has 144 valence electrons. The van der Waals surface area contributed by atoms with Crippen molar-refractivity contribution in [2.75, 3.05) is 13.2 Å². The summed E-state index contributed by atoms with van der Waals surface area (Å²) in [7, 11) is 0. The third-order valence-electron chi connectivity index (χ3n) is 4.50. The number of amides is 1. The number of nitrogens with two attached hydrogens (primary N) is 1. The van der Waals surface area contributed by atoms with Gasteiger partial charge in [0, 0.05) is 31.1 Å². The molecule has 1 aliphatic carbocycles. The zero-order chi connectivity index (χ0) is 18.8. The molecule has 2 heterocycles. The number of fused-ring (bicyclic) bond motifs is 1. The van der Waals surface area contributed by atoms with Gasteiger partial charge < -0.3 is 19.8 Å². The number of hydrogen-bond donors (Lipinski definition) is 1. The van der Waals surface area contributed by atoms with Crippen molar-refractivity contribution in [1.82, 2.24) is 14.8 Å². The number of rotatable bonds is 7. The van der Waals surface area contributed by atoms with Crippen molar-refractivity contribution >= 4 is 29.3 Å². The molecule has 4 rings (SSSR count). The Labute approximate surface area is 166 Å². The molecular formula is C18H21ClN4O3S. The van der Waals surface area contributed by atoms with Crippen molar-refractivity contribution in [3.63, 3.8) is 0 Å². The van der Waals surface area contributed by atoms with E-state index in [1.807, 2.05) is 16.7 Å². The Morgan fingerprint density at radius 1 is 1.30 bits per heavy atom. The van der Waals surface area contributed by atoms with E-state index in [-0.39, 0.29) is 12.3 Å². The number of ether oxygens (including phenoxy) is 2. The lowest BCUT2D eigenvalue weighted by Crippen LogP contribution is -2.15. The van der Waals surface area contributed by atoms with Crippen LogP contribution in [0, 0.1) is 0 Å². The van der Waals surface area contributed by atoms with Gasteiger partial charge in [-0.25, -0.2) is 0 Å². The monoisotopic (exact) mass is 408 g/mol. The summed E-state index contributed by atoms with van der Waals surface area (Å²) in [5, 5.41) is 10.0. The first kappa shape index (κ1) is 18.4. The Bertz CT molecular complexity index is 853. The first-order chi connectivity index (χ1) is 13.1. The van der Waals surface area contributed by atoms with Crippen LogP contribution in [0.1, 0.15) is 43.0 Å². The summed E-state index contributed by atoms with van der Waals surface area (Å²) in [5.74, 6) is 3.04. The van der Waals surface area contributed by atoms with Crippen molar-refractivity contribution in [2.24, 2.45) is 5.73 Å². The van der Waals surface area contributed by atoms with Gasteiger partial charge in [-0.15, -0.1) is 10.2 Å². The third-order valence-corrected chi connectivity index (χ3v) is 5.82. The summed E-state index contributed by atoms with van der Waals surface area (Å²) in [6, 6.07) is 3.86. The Hall–Kier alpha value is -1.93. The number of carbonyl (C=O) groups is 1. The molecule has 27 heavy (non-hydrogen) atoms. The molecule has 1 aromatic heterocycles. The maximum atomic E-state index is 11.2. The van der Waals surface area contributed by atoms with E-state index < -0.39 is 0 Å². The third kappa shape index (κ3) is 4.32. The maximum absolute atomic E-state index is 11.2. The van der Waals surface area contributed by atoms with E-state index in [1.165, 1.54) is 0 Å². The first-order valence-electron chi connectivity index (χ1n) is 9.04. The molecule has 0 bridgehead atoms. The van der Waals surface area contributed by atoms with Gasteiger partial charge in [-0.1, -0.05) is 23.4 Å². The number of benzene rings is 1. The van der Waals surface area contributed by atoms with Gasteiger partial charge in [-0.05, 0) is 30.5 Å². The molecule has 0 radical (unpaired) electrons. The lowest BCUT2D eigenvalue weighted by Gasteiger charge is -2.12. The fourth-order valence-corrected chi connectivity index (χ4v) is 4.19. The number of halogens is 1. The van der Waals surface area contributed by atoms with Crippen LogP contribution in [0.15, 0.2) is 17.3 Å². The van der Waals surface area contributed by atoms with E-state index in [2.05, 4.69) is 10.2 Å². The molecule has 2 N–H and O–H groups in total. The van der Waals surface area contributed by atoms with Crippen molar-refractivity contribution < 1.29 is 14.3 Å².